The maximum Gasteiger partial charge on any atom is 0.243 e. The summed E-state index contributed by atoms with van der Waals surface area (Å²) in [6.45, 7) is 4.11. The van der Waals surface area contributed by atoms with Crippen LogP contribution in [0.3, 0.4) is 0 Å². The number of benzene rings is 1. The fourth-order valence-corrected chi connectivity index (χ4v) is 4.95. The molecule has 2 heterocycles. The molecule has 26 heavy (non-hydrogen) atoms. The van der Waals surface area contributed by atoms with Crippen molar-refractivity contribution < 1.29 is 18.0 Å². The molecule has 1 aromatic rings. The van der Waals surface area contributed by atoms with Crippen LogP contribution in [0.4, 0.5) is 5.69 Å². The second-order valence-electron chi connectivity index (χ2n) is 6.64. The highest BCUT2D eigenvalue weighted by Gasteiger charge is 2.30. The minimum Gasteiger partial charge on any atom is -0.349 e. The zero-order chi connectivity index (χ0) is 18.7. The molecule has 1 unspecified atom stereocenters. The number of aryl methyl sites for hydroxylation is 1. The largest absolute Gasteiger partial charge is 0.349 e. The van der Waals surface area contributed by atoms with Crippen LogP contribution in [0.25, 0.3) is 0 Å². The van der Waals surface area contributed by atoms with E-state index in [1.165, 1.54) is 16.4 Å². The van der Waals surface area contributed by atoms with E-state index in [-0.39, 0.29) is 29.3 Å². The van der Waals surface area contributed by atoms with Crippen molar-refractivity contribution in [1.29, 1.82) is 0 Å². The first-order valence-electron chi connectivity index (χ1n) is 8.76. The quantitative estimate of drug-likeness (QED) is 0.776. The van der Waals surface area contributed by atoms with Gasteiger partial charge in [-0.05, 0) is 49.1 Å². The molecule has 0 spiro atoms. The number of anilines is 1. The lowest BCUT2D eigenvalue weighted by molar-refractivity contribution is -0.117. The number of hydrogen-bond acceptors (Lipinski definition) is 4. The topological polar surface area (TPSA) is 95.6 Å². The average molecular weight is 377 g/mol. The predicted octanol–water partition coefficient (Wildman–Crippen LogP) is 1.42. The third-order valence-electron chi connectivity index (χ3n) is 4.78. The summed E-state index contributed by atoms with van der Waals surface area (Å²) in [4.78, 5) is 23.3. The second kappa shape index (κ2) is 7.59. The van der Waals surface area contributed by atoms with Crippen LogP contribution in [0.2, 0.25) is 0 Å². The summed E-state index contributed by atoms with van der Waals surface area (Å²) in [6, 6.07) is 4.59. The predicted molar refractivity (Wildman–Crippen MR) is 98.1 cm³/mol. The lowest BCUT2D eigenvalue weighted by Gasteiger charge is -2.25. The molecule has 0 aliphatic carbocycles. The zero-order valence-corrected chi connectivity index (χ0v) is 15.3. The van der Waals surface area contributed by atoms with Crippen LogP contribution in [-0.4, -0.2) is 43.7 Å². The average Bonchev–Trinajstić information content (AvgIpc) is 2.87. The van der Waals surface area contributed by atoms with E-state index in [1.807, 2.05) is 0 Å². The first kappa shape index (κ1) is 18.6. The maximum absolute atomic E-state index is 13.1. The Kier molecular flexibility index (Phi) is 5.43. The Balaban J connectivity index is 1.83. The standard InChI is InChI=1S/C18H23N3O4S/c1-2-17(22)19-14-5-3-4-10-21(12-14)26(24,25)15-7-8-16-13(11-15)6-9-18(23)20-16/h2,7-8,11,14H,1,3-6,9-10,12H2,(H,19,22)(H,20,23). The van der Waals surface area contributed by atoms with Crippen LogP contribution in [0.5, 0.6) is 0 Å². The third-order valence-corrected chi connectivity index (χ3v) is 6.64. The van der Waals surface area contributed by atoms with E-state index in [4.69, 9.17) is 0 Å². The molecule has 2 N–H and O–H groups in total. The van der Waals surface area contributed by atoms with Gasteiger partial charge in [-0.25, -0.2) is 8.42 Å². The number of carbonyl (C=O) groups excluding carboxylic acids is 2. The zero-order valence-electron chi connectivity index (χ0n) is 14.5. The van der Waals surface area contributed by atoms with Gasteiger partial charge in [-0.3, -0.25) is 9.59 Å². The number of carbonyl (C=O) groups is 2. The van der Waals surface area contributed by atoms with Crippen LogP contribution in [0, 0.1) is 0 Å². The molecular formula is C18H23N3O4S. The van der Waals surface area contributed by atoms with Crippen molar-refractivity contribution in [1.82, 2.24) is 9.62 Å². The van der Waals surface area contributed by atoms with E-state index in [0.29, 0.717) is 25.1 Å². The van der Waals surface area contributed by atoms with Crippen LogP contribution in [0.1, 0.15) is 31.2 Å². The lowest BCUT2D eigenvalue weighted by Crippen LogP contribution is -2.44. The molecule has 1 aromatic carbocycles. The van der Waals surface area contributed by atoms with Crippen molar-refractivity contribution in [3.63, 3.8) is 0 Å². The number of nitrogens with zero attached hydrogens (tertiary/aromatic N) is 1. The number of fused-ring (bicyclic) bond motifs is 1. The Morgan fingerprint density at radius 3 is 2.88 bits per heavy atom. The summed E-state index contributed by atoms with van der Waals surface area (Å²) in [5, 5.41) is 5.57. The maximum atomic E-state index is 13.1. The van der Waals surface area contributed by atoms with Gasteiger partial charge in [-0.2, -0.15) is 4.31 Å². The van der Waals surface area contributed by atoms with Gasteiger partial charge in [0.05, 0.1) is 4.90 Å². The van der Waals surface area contributed by atoms with Gasteiger partial charge in [0.2, 0.25) is 21.8 Å². The van der Waals surface area contributed by atoms with Gasteiger partial charge in [0.15, 0.2) is 0 Å². The molecule has 3 rings (SSSR count). The van der Waals surface area contributed by atoms with E-state index in [0.717, 1.165) is 24.8 Å². The molecule has 1 atom stereocenters. The molecule has 1 fully saturated rings. The Morgan fingerprint density at radius 1 is 1.31 bits per heavy atom. The van der Waals surface area contributed by atoms with Gasteiger partial charge in [0.1, 0.15) is 0 Å². The molecule has 1 saturated heterocycles. The summed E-state index contributed by atoms with van der Waals surface area (Å²) in [7, 11) is -3.66. The number of nitrogens with one attached hydrogen (secondary N) is 2. The summed E-state index contributed by atoms with van der Waals surface area (Å²) >= 11 is 0. The molecule has 7 nitrogen and oxygen atoms in total. The van der Waals surface area contributed by atoms with Crippen LogP contribution >= 0.6 is 0 Å². The highest BCUT2D eigenvalue weighted by atomic mass is 32.2. The highest BCUT2D eigenvalue weighted by molar-refractivity contribution is 7.89. The number of amides is 2. The minimum atomic E-state index is -3.66. The Bertz CT molecular complexity index is 835. The molecule has 8 heteroatoms. The van der Waals surface area contributed by atoms with Crippen molar-refractivity contribution in [3.05, 3.63) is 36.4 Å². The molecule has 140 valence electrons. The van der Waals surface area contributed by atoms with E-state index < -0.39 is 10.0 Å². The molecular weight excluding hydrogens is 354 g/mol. The number of sulfonamides is 1. The normalized spacial score (nSPS) is 21.2. The molecule has 0 aromatic heterocycles. The molecule has 0 saturated carbocycles. The molecule has 0 radical (unpaired) electrons. The van der Waals surface area contributed by atoms with E-state index in [9.17, 15) is 18.0 Å². The molecule has 2 aliphatic heterocycles. The third kappa shape index (κ3) is 3.96. The number of rotatable bonds is 4. The van der Waals surface area contributed by atoms with Crippen molar-refractivity contribution in [2.75, 3.05) is 18.4 Å². The summed E-state index contributed by atoms with van der Waals surface area (Å²) in [5.74, 6) is -0.347. The van der Waals surface area contributed by atoms with E-state index >= 15 is 0 Å². The van der Waals surface area contributed by atoms with Crippen molar-refractivity contribution in [2.24, 2.45) is 0 Å². The Hall–Kier alpha value is -2.19. The van der Waals surface area contributed by atoms with E-state index in [2.05, 4.69) is 17.2 Å². The second-order valence-corrected chi connectivity index (χ2v) is 8.57. The lowest BCUT2D eigenvalue weighted by atomic mass is 10.0. The van der Waals surface area contributed by atoms with Crippen molar-refractivity contribution >= 4 is 27.5 Å². The van der Waals surface area contributed by atoms with Crippen molar-refractivity contribution in [3.8, 4) is 0 Å². The SMILES string of the molecule is C=CC(=O)NC1CCCCN(S(=O)(=O)c2ccc3c(c2)CCC(=O)N3)C1. The van der Waals surface area contributed by atoms with Gasteiger partial charge in [0.25, 0.3) is 0 Å². The monoisotopic (exact) mass is 377 g/mol. The smallest absolute Gasteiger partial charge is 0.243 e. The summed E-state index contributed by atoms with van der Waals surface area (Å²) in [6.07, 6.45) is 4.42. The Morgan fingerprint density at radius 2 is 2.12 bits per heavy atom. The highest BCUT2D eigenvalue weighted by Crippen LogP contribution is 2.28. The van der Waals surface area contributed by atoms with Crippen LogP contribution in [-0.2, 0) is 26.0 Å². The first-order valence-corrected chi connectivity index (χ1v) is 10.2. The Labute approximate surface area is 153 Å². The van der Waals surface area contributed by atoms with Crippen LogP contribution in [0.15, 0.2) is 35.7 Å². The van der Waals surface area contributed by atoms with Crippen molar-refractivity contribution in [2.45, 2.75) is 43.0 Å². The molecule has 2 amide bonds. The number of hydrogen-bond donors (Lipinski definition) is 2. The van der Waals surface area contributed by atoms with Crippen LogP contribution < -0.4 is 10.6 Å². The van der Waals surface area contributed by atoms with E-state index in [1.54, 1.807) is 12.1 Å². The minimum absolute atomic E-state index is 0.0542. The van der Waals surface area contributed by atoms with Gasteiger partial charge in [0, 0.05) is 31.2 Å². The fourth-order valence-electron chi connectivity index (χ4n) is 3.37. The molecule has 0 bridgehead atoms. The van der Waals surface area contributed by atoms with Gasteiger partial charge >= 0.3 is 0 Å². The van der Waals surface area contributed by atoms with Gasteiger partial charge < -0.3 is 10.6 Å². The first-order chi connectivity index (χ1) is 12.4. The summed E-state index contributed by atoms with van der Waals surface area (Å²) < 4.78 is 27.6. The van der Waals surface area contributed by atoms with Gasteiger partial charge in [-0.1, -0.05) is 13.0 Å². The molecule has 2 aliphatic rings. The van der Waals surface area contributed by atoms with Gasteiger partial charge in [-0.15, -0.1) is 0 Å². The fraction of sp³-hybridized carbons (Fsp3) is 0.444. The summed E-state index contributed by atoms with van der Waals surface area (Å²) in [5.41, 5.74) is 1.50.